The Morgan fingerprint density at radius 1 is 1.27 bits per heavy atom. The number of halogens is 2. The number of hydrogen-bond acceptors (Lipinski definition) is 6. The summed E-state index contributed by atoms with van der Waals surface area (Å²) >= 11 is 0. The van der Waals surface area contributed by atoms with Crippen molar-refractivity contribution in [1.29, 1.82) is 0 Å². The van der Waals surface area contributed by atoms with Gasteiger partial charge in [-0.25, -0.2) is 19.6 Å². The van der Waals surface area contributed by atoms with Crippen molar-refractivity contribution in [2.24, 2.45) is 11.6 Å². The lowest BCUT2D eigenvalue weighted by molar-refractivity contribution is -0.0117. The van der Waals surface area contributed by atoms with Crippen molar-refractivity contribution >= 4 is 11.4 Å². The van der Waals surface area contributed by atoms with Gasteiger partial charge in [0, 0.05) is 32.3 Å². The van der Waals surface area contributed by atoms with E-state index in [2.05, 4.69) is 11.9 Å². The first-order chi connectivity index (χ1) is 15.6. The molecule has 0 radical (unpaired) electrons. The number of aryl methyl sites for hydroxylation is 2. The number of nitrogens with two attached hydrogens (primary N) is 2. The molecule has 0 amide bonds. The lowest BCUT2D eigenvalue weighted by atomic mass is 10.1. The summed E-state index contributed by atoms with van der Waals surface area (Å²) in [6, 6.07) is 7.08. The number of pyridine rings is 2. The number of piperidine rings is 1. The zero-order chi connectivity index (χ0) is 24.2. The molecular weight excluding hydrogens is 426 g/mol. The zero-order valence-corrected chi connectivity index (χ0v) is 19.7. The molecule has 4 N–H and O–H groups in total. The number of alkyl halides is 2. The van der Waals surface area contributed by atoms with E-state index in [1.54, 1.807) is 40.9 Å². The van der Waals surface area contributed by atoms with E-state index in [0.717, 1.165) is 18.4 Å². The Hall–Kier alpha value is -2.94. The highest BCUT2D eigenvalue weighted by molar-refractivity contribution is 5.65. The maximum absolute atomic E-state index is 13.9. The lowest BCUT2D eigenvalue weighted by Crippen LogP contribution is -2.43. The van der Waals surface area contributed by atoms with Crippen LogP contribution in [-0.4, -0.2) is 40.6 Å². The van der Waals surface area contributed by atoms with Crippen LogP contribution in [0.5, 0.6) is 0 Å². The van der Waals surface area contributed by atoms with E-state index < -0.39 is 5.92 Å². The maximum atomic E-state index is 13.9. The quantitative estimate of drug-likeness (QED) is 0.464. The Bertz CT molecular complexity index is 1060. The molecule has 0 saturated carbocycles. The molecule has 0 aliphatic carbocycles. The summed E-state index contributed by atoms with van der Waals surface area (Å²) in [6.45, 7) is 4.46. The summed E-state index contributed by atoms with van der Waals surface area (Å²) in [5.74, 6) is 3.36. The summed E-state index contributed by atoms with van der Waals surface area (Å²) in [5.41, 5.74) is 10.1. The Kier molecular flexibility index (Phi) is 7.73. The van der Waals surface area contributed by atoms with Crippen LogP contribution in [-0.2, 0) is 19.4 Å². The molecule has 9 heteroatoms. The molecule has 0 spiro atoms. The highest BCUT2D eigenvalue weighted by Gasteiger charge is 2.36. The fourth-order valence-electron chi connectivity index (χ4n) is 4.18. The van der Waals surface area contributed by atoms with Gasteiger partial charge in [-0.2, -0.15) is 0 Å². The second-order valence-corrected chi connectivity index (χ2v) is 8.62. The first-order valence-corrected chi connectivity index (χ1v) is 11.4. The first kappa shape index (κ1) is 24.7. The molecule has 1 aliphatic rings. The van der Waals surface area contributed by atoms with Gasteiger partial charge in [0.05, 0.1) is 41.6 Å². The van der Waals surface area contributed by atoms with Gasteiger partial charge in [-0.1, -0.05) is 20.3 Å². The van der Waals surface area contributed by atoms with Crippen molar-refractivity contribution < 1.29 is 8.78 Å². The van der Waals surface area contributed by atoms with Crippen molar-refractivity contribution in [3.05, 3.63) is 63.5 Å². The third kappa shape index (κ3) is 5.90. The molecule has 2 aromatic heterocycles. The molecule has 1 aliphatic heterocycles. The second kappa shape index (κ2) is 10.3. The van der Waals surface area contributed by atoms with Gasteiger partial charge in [-0.05, 0) is 43.0 Å². The summed E-state index contributed by atoms with van der Waals surface area (Å²) in [5, 5.41) is 1.38. The van der Waals surface area contributed by atoms with Crippen molar-refractivity contribution in [1.82, 2.24) is 14.6 Å². The Morgan fingerprint density at radius 2 is 2.03 bits per heavy atom. The molecule has 0 aromatic carbocycles. The van der Waals surface area contributed by atoms with Gasteiger partial charge >= 0.3 is 0 Å². The fraction of sp³-hybridized carbons (Fsp3) is 0.500. The minimum atomic E-state index is -2.70. The Labute approximate surface area is 193 Å². The molecule has 180 valence electrons. The van der Waals surface area contributed by atoms with Crippen molar-refractivity contribution in [2.75, 3.05) is 25.0 Å². The molecule has 33 heavy (non-hydrogen) atoms. The van der Waals surface area contributed by atoms with Gasteiger partial charge in [0.2, 0.25) is 0 Å². The van der Waals surface area contributed by atoms with Gasteiger partial charge in [0.25, 0.3) is 11.5 Å². The highest BCUT2D eigenvalue weighted by Crippen LogP contribution is 2.32. The first-order valence-electron chi connectivity index (χ1n) is 11.4. The normalized spacial score (nSPS) is 16.5. The Morgan fingerprint density at radius 3 is 2.64 bits per heavy atom. The van der Waals surface area contributed by atoms with Crippen LogP contribution in [0.25, 0.3) is 5.70 Å². The standard InChI is InChI=1S/C24H34F2N6O/c1-4-7-17-10-13-31(22(33)14-17)15-21(30(3)28)23(27)19-8-9-20(18(5-2)29-19)32-12-6-11-24(25,26)16-32/h8-10,13-14H,4-7,11-12,15-16,27-28H2,1-3H3/b23-21-. The largest absolute Gasteiger partial charge is 0.395 e. The van der Waals surface area contributed by atoms with Crippen LogP contribution in [0, 0.1) is 0 Å². The van der Waals surface area contributed by atoms with Crippen LogP contribution < -0.4 is 22.0 Å². The van der Waals surface area contributed by atoms with E-state index in [-0.39, 0.29) is 25.1 Å². The van der Waals surface area contributed by atoms with E-state index in [4.69, 9.17) is 11.6 Å². The van der Waals surface area contributed by atoms with Gasteiger partial charge in [-0.3, -0.25) is 4.79 Å². The van der Waals surface area contributed by atoms with E-state index in [9.17, 15) is 13.6 Å². The predicted molar refractivity (Wildman–Crippen MR) is 128 cm³/mol. The molecular formula is C24H34F2N6O. The number of hydrazine groups is 1. The SMILES string of the molecule is CCCc1ccn(C/C(=C(/N)c2ccc(N3CCCC(F)(F)C3)c(CC)n2)N(C)N)c(=O)c1. The second-order valence-electron chi connectivity index (χ2n) is 8.62. The van der Waals surface area contributed by atoms with Crippen LogP contribution in [0.1, 0.15) is 50.1 Å². The van der Waals surface area contributed by atoms with E-state index in [1.807, 2.05) is 13.0 Å². The number of aromatic nitrogens is 2. The molecule has 3 heterocycles. The third-order valence-corrected chi connectivity index (χ3v) is 5.95. The van der Waals surface area contributed by atoms with Gasteiger partial charge < -0.3 is 20.2 Å². The van der Waals surface area contributed by atoms with Crippen LogP contribution in [0.3, 0.4) is 0 Å². The molecule has 0 bridgehead atoms. The fourth-order valence-corrected chi connectivity index (χ4v) is 4.18. The molecule has 1 fully saturated rings. The van der Waals surface area contributed by atoms with Crippen LogP contribution in [0.15, 0.2) is 41.0 Å². The molecule has 0 atom stereocenters. The number of rotatable bonds is 8. The molecule has 1 saturated heterocycles. The minimum absolute atomic E-state index is 0.0862. The van der Waals surface area contributed by atoms with Crippen molar-refractivity contribution in [3.63, 3.8) is 0 Å². The van der Waals surface area contributed by atoms with E-state index in [0.29, 0.717) is 47.9 Å². The maximum Gasteiger partial charge on any atom is 0.265 e. The van der Waals surface area contributed by atoms with E-state index in [1.165, 1.54) is 5.01 Å². The number of allylic oxidation sites excluding steroid dienone is 1. The average molecular weight is 461 g/mol. The average Bonchev–Trinajstić information content (AvgIpc) is 2.77. The predicted octanol–water partition coefficient (Wildman–Crippen LogP) is 3.13. The topological polar surface area (TPSA) is 93.4 Å². The molecule has 7 nitrogen and oxygen atoms in total. The van der Waals surface area contributed by atoms with Gasteiger partial charge in [-0.15, -0.1) is 0 Å². The molecule has 2 aromatic rings. The third-order valence-electron chi connectivity index (χ3n) is 5.95. The summed E-state index contributed by atoms with van der Waals surface area (Å²) in [4.78, 5) is 18.9. The van der Waals surface area contributed by atoms with Crippen LogP contribution >= 0.6 is 0 Å². The zero-order valence-electron chi connectivity index (χ0n) is 19.7. The smallest absolute Gasteiger partial charge is 0.265 e. The van der Waals surface area contributed by atoms with Crippen molar-refractivity contribution in [3.8, 4) is 0 Å². The minimum Gasteiger partial charge on any atom is -0.395 e. The van der Waals surface area contributed by atoms with Gasteiger partial charge in [0.15, 0.2) is 0 Å². The summed E-state index contributed by atoms with van der Waals surface area (Å²) in [6.07, 6.45) is 4.48. The van der Waals surface area contributed by atoms with Gasteiger partial charge in [0.1, 0.15) is 0 Å². The van der Waals surface area contributed by atoms with Crippen molar-refractivity contribution in [2.45, 2.75) is 58.4 Å². The Balaban J connectivity index is 1.93. The number of hydrogen-bond donors (Lipinski definition) is 2. The molecule has 3 rings (SSSR count). The lowest BCUT2D eigenvalue weighted by Gasteiger charge is -2.35. The van der Waals surface area contributed by atoms with E-state index >= 15 is 0 Å². The summed E-state index contributed by atoms with van der Waals surface area (Å²) in [7, 11) is 1.66. The summed E-state index contributed by atoms with van der Waals surface area (Å²) < 4.78 is 29.4. The van der Waals surface area contributed by atoms with Crippen LogP contribution in [0.4, 0.5) is 14.5 Å². The number of likely N-dealkylation sites (N-methyl/N-ethyl adjacent to an activating group) is 1. The highest BCUT2D eigenvalue weighted by atomic mass is 19.3. The monoisotopic (exact) mass is 460 g/mol. The van der Waals surface area contributed by atoms with Crippen LogP contribution in [0.2, 0.25) is 0 Å². The number of anilines is 1. The molecule has 0 unspecified atom stereocenters. The number of nitrogens with zero attached hydrogens (tertiary/aromatic N) is 4.